The fraction of sp³-hybridized carbons (Fsp3) is 0.227. The van der Waals surface area contributed by atoms with E-state index in [0.29, 0.717) is 24.5 Å². The van der Waals surface area contributed by atoms with Crippen molar-refractivity contribution in [1.82, 2.24) is 20.8 Å². The van der Waals surface area contributed by atoms with E-state index in [0.717, 1.165) is 29.8 Å². The first-order valence-corrected chi connectivity index (χ1v) is 9.85. The van der Waals surface area contributed by atoms with Gasteiger partial charge in [-0.05, 0) is 25.1 Å². The first-order valence-electron chi connectivity index (χ1n) is 9.85. The molecule has 0 atom stereocenters. The van der Waals surface area contributed by atoms with Crippen LogP contribution in [0.5, 0.6) is 5.75 Å². The zero-order chi connectivity index (χ0) is 24.3. The number of hydrogen-bond donors (Lipinski definition) is 5. The molecule has 2 aromatic carbocycles. The number of H-pyrrole nitrogens is 1. The van der Waals surface area contributed by atoms with Crippen molar-refractivity contribution in [2.75, 3.05) is 13.1 Å². The maximum atomic E-state index is 12.2. The van der Waals surface area contributed by atoms with Gasteiger partial charge in [0, 0.05) is 24.2 Å². The second-order valence-electron chi connectivity index (χ2n) is 6.75. The van der Waals surface area contributed by atoms with Gasteiger partial charge in [-0.2, -0.15) is 18.3 Å². The maximum absolute atomic E-state index is 12.2. The van der Waals surface area contributed by atoms with Gasteiger partial charge in [0.05, 0.1) is 5.69 Å². The van der Waals surface area contributed by atoms with Crippen LogP contribution in [0.25, 0.3) is 11.3 Å². The van der Waals surface area contributed by atoms with Crippen LogP contribution in [0.4, 0.5) is 13.2 Å². The van der Waals surface area contributed by atoms with Crippen molar-refractivity contribution in [1.29, 1.82) is 0 Å². The van der Waals surface area contributed by atoms with E-state index in [2.05, 4.69) is 20.8 Å². The summed E-state index contributed by atoms with van der Waals surface area (Å²) in [5.74, 6) is -2.63. The van der Waals surface area contributed by atoms with Gasteiger partial charge in [0.1, 0.15) is 11.4 Å². The van der Waals surface area contributed by atoms with Crippen LogP contribution >= 0.6 is 0 Å². The van der Waals surface area contributed by atoms with Gasteiger partial charge in [0.2, 0.25) is 0 Å². The summed E-state index contributed by atoms with van der Waals surface area (Å²) in [4.78, 5) is 21.0. The number of aliphatic carboxylic acids is 1. The van der Waals surface area contributed by atoms with Crippen LogP contribution < -0.4 is 10.6 Å². The molecule has 1 heterocycles. The summed E-state index contributed by atoms with van der Waals surface area (Å²) < 4.78 is 31.7. The number of para-hydroxylation sites is 1. The zero-order valence-corrected chi connectivity index (χ0v) is 17.4. The number of carboxylic acid groups (broad SMARTS) is 1. The van der Waals surface area contributed by atoms with Crippen molar-refractivity contribution < 1.29 is 33.0 Å². The second kappa shape index (κ2) is 12.2. The average molecular weight is 464 g/mol. The number of nitrogens with one attached hydrogen (secondary N) is 3. The molecule has 5 N–H and O–H groups in total. The van der Waals surface area contributed by atoms with Crippen molar-refractivity contribution in [2.24, 2.45) is 0 Å². The van der Waals surface area contributed by atoms with Crippen molar-refractivity contribution in [3.8, 4) is 17.0 Å². The van der Waals surface area contributed by atoms with Crippen molar-refractivity contribution in [3.05, 3.63) is 71.9 Å². The Morgan fingerprint density at radius 1 is 1.00 bits per heavy atom. The van der Waals surface area contributed by atoms with Crippen LogP contribution in [-0.2, 0) is 11.3 Å². The largest absolute Gasteiger partial charge is 0.508 e. The lowest BCUT2D eigenvalue weighted by atomic mass is 10.1. The summed E-state index contributed by atoms with van der Waals surface area (Å²) in [5, 5.41) is 29.9. The van der Waals surface area contributed by atoms with E-state index in [-0.39, 0.29) is 5.91 Å². The molecule has 0 fully saturated rings. The van der Waals surface area contributed by atoms with E-state index in [1.165, 1.54) is 0 Å². The fourth-order valence-corrected chi connectivity index (χ4v) is 2.59. The van der Waals surface area contributed by atoms with E-state index < -0.39 is 12.1 Å². The first kappa shape index (κ1) is 25.4. The number of alkyl halides is 3. The van der Waals surface area contributed by atoms with E-state index in [1.54, 1.807) is 18.2 Å². The van der Waals surface area contributed by atoms with E-state index in [4.69, 9.17) is 9.90 Å². The summed E-state index contributed by atoms with van der Waals surface area (Å²) >= 11 is 0. The maximum Gasteiger partial charge on any atom is 0.490 e. The highest BCUT2D eigenvalue weighted by atomic mass is 19.4. The molecule has 0 spiro atoms. The van der Waals surface area contributed by atoms with E-state index >= 15 is 0 Å². The molecule has 176 valence electrons. The summed E-state index contributed by atoms with van der Waals surface area (Å²) in [6.45, 7) is 1.90. The smallest absolute Gasteiger partial charge is 0.490 e. The van der Waals surface area contributed by atoms with Gasteiger partial charge in [-0.15, -0.1) is 0 Å². The number of phenols is 1. The van der Waals surface area contributed by atoms with Gasteiger partial charge in [-0.1, -0.05) is 48.5 Å². The van der Waals surface area contributed by atoms with Crippen molar-refractivity contribution in [3.63, 3.8) is 0 Å². The number of carboxylic acids is 1. The van der Waals surface area contributed by atoms with Crippen molar-refractivity contribution >= 4 is 11.9 Å². The van der Waals surface area contributed by atoms with Crippen LogP contribution in [0.2, 0.25) is 0 Å². The molecule has 3 aromatic rings. The van der Waals surface area contributed by atoms with E-state index in [9.17, 15) is 23.1 Å². The molecule has 0 radical (unpaired) electrons. The SMILES string of the molecule is O=C(NCCCNCc1ccccc1O)c1cc(-c2ccccc2)n[nH]1.O=C(O)C(F)(F)F. The Morgan fingerprint density at radius 3 is 2.27 bits per heavy atom. The molecule has 0 bridgehead atoms. The van der Waals surface area contributed by atoms with Gasteiger partial charge in [0.25, 0.3) is 5.91 Å². The third-order valence-electron chi connectivity index (χ3n) is 4.26. The predicted octanol–water partition coefficient (Wildman–Crippen LogP) is 3.33. The first-order chi connectivity index (χ1) is 15.7. The van der Waals surface area contributed by atoms with E-state index in [1.807, 2.05) is 42.5 Å². The normalized spacial score (nSPS) is 10.8. The number of hydrogen-bond acceptors (Lipinski definition) is 5. The lowest BCUT2D eigenvalue weighted by molar-refractivity contribution is -0.192. The Labute approximate surface area is 187 Å². The van der Waals surface area contributed by atoms with Gasteiger partial charge >= 0.3 is 12.1 Å². The highest BCUT2D eigenvalue weighted by Gasteiger charge is 2.38. The number of benzene rings is 2. The Bertz CT molecular complexity index is 1040. The summed E-state index contributed by atoms with van der Waals surface area (Å²) in [6.07, 6.45) is -4.29. The van der Waals surface area contributed by atoms with Crippen LogP contribution in [0.1, 0.15) is 22.5 Å². The zero-order valence-electron chi connectivity index (χ0n) is 17.4. The number of carbonyl (C=O) groups is 2. The number of aromatic nitrogens is 2. The number of nitrogens with zero attached hydrogens (tertiary/aromatic N) is 1. The Hall–Kier alpha value is -3.86. The molecule has 11 heteroatoms. The lowest BCUT2D eigenvalue weighted by Gasteiger charge is -2.07. The molecule has 1 aromatic heterocycles. The molecule has 3 rings (SSSR count). The Kier molecular flexibility index (Phi) is 9.43. The number of phenolic OH excluding ortho intramolecular Hbond substituents is 1. The molecule has 0 saturated carbocycles. The molecule has 0 aliphatic carbocycles. The predicted molar refractivity (Wildman–Crippen MR) is 114 cm³/mol. The molecular formula is C22H23F3N4O4. The minimum Gasteiger partial charge on any atom is -0.508 e. The topological polar surface area (TPSA) is 127 Å². The highest BCUT2D eigenvalue weighted by molar-refractivity contribution is 5.93. The van der Waals surface area contributed by atoms with Gasteiger partial charge in [-0.25, -0.2) is 4.79 Å². The average Bonchev–Trinajstić information content (AvgIpc) is 3.28. The minimum absolute atomic E-state index is 0.166. The number of aromatic hydroxyl groups is 1. The summed E-state index contributed by atoms with van der Waals surface area (Å²) in [7, 11) is 0. The fourth-order valence-electron chi connectivity index (χ4n) is 2.59. The van der Waals surface area contributed by atoms with Crippen molar-refractivity contribution in [2.45, 2.75) is 19.1 Å². The minimum atomic E-state index is -5.08. The highest BCUT2D eigenvalue weighted by Crippen LogP contribution is 2.17. The lowest BCUT2D eigenvalue weighted by Crippen LogP contribution is -2.27. The van der Waals surface area contributed by atoms with Gasteiger partial charge < -0.3 is 20.8 Å². The Morgan fingerprint density at radius 2 is 1.64 bits per heavy atom. The van der Waals surface area contributed by atoms with Crippen LogP contribution in [0.15, 0.2) is 60.7 Å². The molecular weight excluding hydrogens is 441 g/mol. The third kappa shape index (κ3) is 8.65. The second-order valence-corrected chi connectivity index (χ2v) is 6.75. The Balaban J connectivity index is 0.000000479. The third-order valence-corrected chi connectivity index (χ3v) is 4.26. The number of halogens is 3. The standard InChI is InChI=1S/C20H22N4O2.C2HF3O2/c25-19-10-5-4-9-16(19)14-21-11-6-12-22-20(26)18-13-17(23-24-18)15-7-2-1-3-8-15;3-2(4,5)1(6)7/h1-5,7-10,13,21,25H,6,11-12,14H2,(H,22,26)(H,23,24);(H,6,7). The number of aromatic amines is 1. The molecule has 1 amide bonds. The summed E-state index contributed by atoms with van der Waals surface area (Å²) in [5.41, 5.74) is 3.03. The molecule has 0 saturated heterocycles. The van der Waals surface area contributed by atoms with Crippen LogP contribution in [0, 0.1) is 0 Å². The molecule has 0 aliphatic heterocycles. The monoisotopic (exact) mass is 464 g/mol. The number of rotatable bonds is 8. The molecule has 0 aliphatic rings. The molecule has 33 heavy (non-hydrogen) atoms. The molecule has 0 unspecified atom stereocenters. The van der Waals surface area contributed by atoms with Gasteiger partial charge in [0.15, 0.2) is 0 Å². The molecule has 8 nitrogen and oxygen atoms in total. The summed E-state index contributed by atoms with van der Waals surface area (Å²) in [6, 6.07) is 18.7. The quantitative estimate of drug-likeness (QED) is 0.326. The number of carbonyl (C=O) groups excluding carboxylic acids is 1. The van der Waals surface area contributed by atoms with Crippen LogP contribution in [0.3, 0.4) is 0 Å². The van der Waals surface area contributed by atoms with Crippen LogP contribution in [-0.4, -0.2) is 51.6 Å². The van der Waals surface area contributed by atoms with Gasteiger partial charge in [-0.3, -0.25) is 9.89 Å². The number of amides is 1.